The molecule has 4 heteroatoms. The van der Waals surface area contributed by atoms with E-state index in [1.807, 2.05) is 25.1 Å². The summed E-state index contributed by atoms with van der Waals surface area (Å²) in [6.45, 7) is 4.20. The number of hydrogen-bond donors (Lipinski definition) is 0. The number of aryl methyl sites for hydroxylation is 2. The van der Waals surface area contributed by atoms with Gasteiger partial charge in [-0.05, 0) is 25.3 Å². The number of rotatable bonds is 5. The van der Waals surface area contributed by atoms with Crippen LogP contribution in [0.3, 0.4) is 0 Å². The molecular weight excluding hydrogens is 226 g/mol. The quantitative estimate of drug-likeness (QED) is 0.758. The normalized spacial score (nSPS) is 10.6. The van der Waals surface area contributed by atoms with Crippen LogP contribution in [0.25, 0.3) is 0 Å². The summed E-state index contributed by atoms with van der Waals surface area (Å²) in [7, 11) is 0. The smallest absolute Gasteiger partial charge is 0.181 e. The molecule has 0 radical (unpaired) electrons. The maximum atomic E-state index is 11.3. The summed E-state index contributed by atoms with van der Waals surface area (Å²) in [5, 5.41) is 7.92. The average molecular weight is 243 g/mol. The largest absolute Gasteiger partial charge is 0.293 e. The highest BCUT2D eigenvalue weighted by molar-refractivity contribution is 5.92. The van der Waals surface area contributed by atoms with Crippen molar-refractivity contribution in [3.05, 3.63) is 47.3 Å². The number of carbonyl (C=O) groups excluding carboxylic acids is 1. The highest BCUT2D eigenvalue weighted by Gasteiger charge is 2.11. The molecule has 1 aromatic carbocycles. The zero-order valence-corrected chi connectivity index (χ0v) is 10.8. The maximum absolute atomic E-state index is 11.3. The van der Waals surface area contributed by atoms with Crippen LogP contribution in [0, 0.1) is 6.92 Å². The first-order valence-electron chi connectivity index (χ1n) is 6.13. The van der Waals surface area contributed by atoms with Crippen LogP contribution in [0.1, 0.15) is 35.1 Å². The molecule has 1 heterocycles. The summed E-state index contributed by atoms with van der Waals surface area (Å²) < 4.78 is 1.81. The summed E-state index contributed by atoms with van der Waals surface area (Å²) in [5.41, 5.74) is 2.66. The Morgan fingerprint density at radius 1 is 1.28 bits per heavy atom. The molecule has 0 amide bonds. The molecule has 0 aliphatic carbocycles. The van der Waals surface area contributed by atoms with E-state index >= 15 is 0 Å². The van der Waals surface area contributed by atoms with Gasteiger partial charge in [0.2, 0.25) is 0 Å². The third kappa shape index (κ3) is 2.83. The zero-order valence-electron chi connectivity index (χ0n) is 10.8. The van der Waals surface area contributed by atoms with Crippen molar-refractivity contribution in [1.29, 1.82) is 0 Å². The van der Waals surface area contributed by atoms with Gasteiger partial charge in [-0.2, -0.15) is 0 Å². The molecule has 0 spiro atoms. The van der Waals surface area contributed by atoms with Gasteiger partial charge in [0.05, 0.1) is 5.69 Å². The van der Waals surface area contributed by atoms with Gasteiger partial charge >= 0.3 is 0 Å². The molecular formula is C14H17N3O. The van der Waals surface area contributed by atoms with Gasteiger partial charge in [-0.1, -0.05) is 35.5 Å². The van der Waals surface area contributed by atoms with Gasteiger partial charge in [-0.25, -0.2) is 4.68 Å². The van der Waals surface area contributed by atoms with Crippen molar-refractivity contribution in [1.82, 2.24) is 15.0 Å². The summed E-state index contributed by atoms with van der Waals surface area (Å²) in [6, 6.07) is 10.3. The van der Waals surface area contributed by atoms with E-state index in [1.165, 1.54) is 12.5 Å². The summed E-state index contributed by atoms with van der Waals surface area (Å²) >= 11 is 0. The molecule has 0 fully saturated rings. The van der Waals surface area contributed by atoms with Crippen LogP contribution in [0.4, 0.5) is 0 Å². The topological polar surface area (TPSA) is 47.8 Å². The molecule has 0 aliphatic heterocycles. The lowest BCUT2D eigenvalue weighted by Gasteiger charge is -2.03. The Labute approximate surface area is 107 Å². The van der Waals surface area contributed by atoms with Crippen molar-refractivity contribution in [2.75, 3.05) is 0 Å². The molecule has 1 aromatic heterocycles. The first kappa shape index (κ1) is 12.5. The summed E-state index contributed by atoms with van der Waals surface area (Å²) in [4.78, 5) is 11.3. The van der Waals surface area contributed by atoms with E-state index in [0.29, 0.717) is 5.69 Å². The monoisotopic (exact) mass is 243 g/mol. The second kappa shape index (κ2) is 5.58. The van der Waals surface area contributed by atoms with Gasteiger partial charge in [-0.15, -0.1) is 5.10 Å². The Hall–Kier alpha value is -1.97. The predicted octanol–water partition coefficient (Wildman–Crippen LogP) is 2.42. The lowest BCUT2D eigenvalue weighted by Crippen LogP contribution is -2.05. The van der Waals surface area contributed by atoms with Crippen molar-refractivity contribution in [3.8, 4) is 0 Å². The Morgan fingerprint density at radius 2 is 2.00 bits per heavy atom. The van der Waals surface area contributed by atoms with Crippen LogP contribution in [-0.4, -0.2) is 20.8 Å². The molecule has 0 saturated carbocycles. The SMILES string of the molecule is CC(=O)c1nnn(CCCc2ccccc2)c1C. The van der Waals surface area contributed by atoms with Crippen molar-refractivity contribution in [2.24, 2.45) is 0 Å². The highest BCUT2D eigenvalue weighted by atomic mass is 16.1. The van der Waals surface area contributed by atoms with Gasteiger partial charge in [0, 0.05) is 13.5 Å². The lowest BCUT2D eigenvalue weighted by molar-refractivity contribution is 0.101. The fourth-order valence-electron chi connectivity index (χ4n) is 1.98. The number of Topliss-reactive ketones (excluding diaryl/α,β-unsaturated/α-hetero) is 1. The van der Waals surface area contributed by atoms with Crippen LogP contribution in [0.5, 0.6) is 0 Å². The lowest BCUT2D eigenvalue weighted by atomic mass is 10.1. The number of hydrogen-bond acceptors (Lipinski definition) is 3. The van der Waals surface area contributed by atoms with E-state index in [-0.39, 0.29) is 5.78 Å². The Morgan fingerprint density at radius 3 is 2.61 bits per heavy atom. The Balaban J connectivity index is 1.93. The number of carbonyl (C=O) groups is 1. The van der Waals surface area contributed by atoms with E-state index in [1.54, 1.807) is 4.68 Å². The van der Waals surface area contributed by atoms with E-state index < -0.39 is 0 Å². The van der Waals surface area contributed by atoms with Crippen molar-refractivity contribution in [3.63, 3.8) is 0 Å². The second-order valence-electron chi connectivity index (χ2n) is 4.39. The van der Waals surface area contributed by atoms with E-state index in [4.69, 9.17) is 0 Å². The molecule has 0 atom stereocenters. The number of ketones is 1. The van der Waals surface area contributed by atoms with E-state index in [2.05, 4.69) is 22.4 Å². The van der Waals surface area contributed by atoms with Crippen LogP contribution in [0.2, 0.25) is 0 Å². The first-order chi connectivity index (χ1) is 8.68. The van der Waals surface area contributed by atoms with Crippen molar-refractivity contribution < 1.29 is 4.79 Å². The minimum Gasteiger partial charge on any atom is -0.293 e. The standard InChI is InChI=1S/C14H17N3O/c1-11-14(12(2)18)15-16-17(11)10-6-9-13-7-4-3-5-8-13/h3-5,7-8H,6,9-10H2,1-2H3. The molecule has 0 saturated heterocycles. The fraction of sp³-hybridized carbons (Fsp3) is 0.357. The van der Waals surface area contributed by atoms with Gasteiger partial charge in [0.1, 0.15) is 0 Å². The minimum absolute atomic E-state index is 0.0261. The van der Waals surface area contributed by atoms with Crippen LogP contribution in [0.15, 0.2) is 30.3 Å². The average Bonchev–Trinajstić information content (AvgIpc) is 2.73. The van der Waals surface area contributed by atoms with E-state index in [0.717, 1.165) is 25.1 Å². The molecule has 0 N–H and O–H groups in total. The van der Waals surface area contributed by atoms with Gasteiger partial charge < -0.3 is 0 Å². The van der Waals surface area contributed by atoms with Gasteiger partial charge in [-0.3, -0.25) is 4.79 Å². The van der Waals surface area contributed by atoms with Crippen molar-refractivity contribution >= 4 is 5.78 Å². The molecule has 0 unspecified atom stereocenters. The van der Waals surface area contributed by atoms with Crippen molar-refractivity contribution in [2.45, 2.75) is 33.2 Å². The van der Waals surface area contributed by atoms with Crippen LogP contribution >= 0.6 is 0 Å². The van der Waals surface area contributed by atoms with Crippen LogP contribution < -0.4 is 0 Å². The molecule has 94 valence electrons. The Kier molecular flexibility index (Phi) is 3.87. The number of benzene rings is 1. The minimum atomic E-state index is -0.0261. The summed E-state index contributed by atoms with van der Waals surface area (Å²) in [6.07, 6.45) is 2.00. The third-order valence-electron chi connectivity index (χ3n) is 2.99. The summed E-state index contributed by atoms with van der Waals surface area (Å²) in [5.74, 6) is -0.0261. The van der Waals surface area contributed by atoms with E-state index in [9.17, 15) is 4.79 Å². The maximum Gasteiger partial charge on any atom is 0.181 e. The van der Waals surface area contributed by atoms with Crippen LogP contribution in [-0.2, 0) is 13.0 Å². The molecule has 0 aliphatic rings. The number of aromatic nitrogens is 3. The molecule has 18 heavy (non-hydrogen) atoms. The number of nitrogens with zero attached hydrogens (tertiary/aromatic N) is 3. The molecule has 4 nitrogen and oxygen atoms in total. The predicted molar refractivity (Wildman–Crippen MR) is 69.5 cm³/mol. The van der Waals surface area contributed by atoms with Gasteiger partial charge in [0.15, 0.2) is 11.5 Å². The highest BCUT2D eigenvalue weighted by Crippen LogP contribution is 2.07. The third-order valence-corrected chi connectivity index (χ3v) is 2.99. The fourth-order valence-corrected chi connectivity index (χ4v) is 1.98. The second-order valence-corrected chi connectivity index (χ2v) is 4.39. The zero-order chi connectivity index (χ0) is 13.0. The molecule has 0 bridgehead atoms. The Bertz CT molecular complexity index is 531. The molecule has 2 aromatic rings. The first-order valence-corrected chi connectivity index (χ1v) is 6.13. The van der Waals surface area contributed by atoms with Gasteiger partial charge in [0.25, 0.3) is 0 Å². The molecule has 2 rings (SSSR count).